The minimum Gasteiger partial charge on any atom is -0.383 e. The van der Waals surface area contributed by atoms with Crippen molar-refractivity contribution >= 4 is 0 Å². The van der Waals surface area contributed by atoms with Gasteiger partial charge < -0.3 is 19.5 Å². The number of nitrogens with one attached hydrogen (secondary N) is 1. The Labute approximate surface area is 110 Å². The van der Waals surface area contributed by atoms with Gasteiger partial charge in [-0.15, -0.1) is 0 Å². The lowest BCUT2D eigenvalue weighted by Crippen LogP contribution is -2.26. The molecule has 104 valence electrons. The van der Waals surface area contributed by atoms with Gasteiger partial charge in [0.05, 0.1) is 18.6 Å². The SMILES string of the molecule is CCN(CC)CCn1cnc(CNCCOC)c1. The molecule has 0 aliphatic rings. The first-order chi connectivity index (χ1) is 8.80. The van der Waals surface area contributed by atoms with Crippen LogP contribution in [0, 0.1) is 0 Å². The van der Waals surface area contributed by atoms with E-state index in [-0.39, 0.29) is 0 Å². The second-order valence-electron chi connectivity index (χ2n) is 4.30. The third-order valence-electron chi connectivity index (χ3n) is 3.04. The molecule has 0 spiro atoms. The molecule has 18 heavy (non-hydrogen) atoms. The van der Waals surface area contributed by atoms with Gasteiger partial charge in [-0.25, -0.2) is 4.98 Å². The average molecular weight is 254 g/mol. The van der Waals surface area contributed by atoms with E-state index in [4.69, 9.17) is 4.74 Å². The van der Waals surface area contributed by atoms with Crippen LogP contribution in [0.3, 0.4) is 0 Å². The quantitative estimate of drug-likeness (QED) is 0.632. The fourth-order valence-electron chi connectivity index (χ4n) is 1.81. The summed E-state index contributed by atoms with van der Waals surface area (Å²) < 4.78 is 7.14. The highest BCUT2D eigenvalue weighted by Gasteiger charge is 2.01. The molecule has 0 fully saturated rings. The number of ether oxygens (including phenoxy) is 1. The van der Waals surface area contributed by atoms with Crippen LogP contribution in [-0.2, 0) is 17.8 Å². The van der Waals surface area contributed by atoms with E-state index >= 15 is 0 Å². The maximum atomic E-state index is 4.98. The van der Waals surface area contributed by atoms with Gasteiger partial charge in [0.1, 0.15) is 0 Å². The van der Waals surface area contributed by atoms with Crippen molar-refractivity contribution in [3.8, 4) is 0 Å². The Kier molecular flexibility index (Phi) is 7.64. The number of imidazole rings is 1. The van der Waals surface area contributed by atoms with Gasteiger partial charge >= 0.3 is 0 Å². The van der Waals surface area contributed by atoms with E-state index in [0.29, 0.717) is 0 Å². The van der Waals surface area contributed by atoms with Crippen LogP contribution in [0.1, 0.15) is 19.5 Å². The second-order valence-corrected chi connectivity index (χ2v) is 4.30. The number of nitrogens with zero attached hydrogens (tertiary/aromatic N) is 3. The zero-order valence-electron chi connectivity index (χ0n) is 11.9. The Bertz CT molecular complexity index is 310. The van der Waals surface area contributed by atoms with Crippen LogP contribution in [0.2, 0.25) is 0 Å². The fourth-order valence-corrected chi connectivity index (χ4v) is 1.81. The number of rotatable bonds is 10. The van der Waals surface area contributed by atoms with Crippen molar-refractivity contribution in [3.05, 3.63) is 18.2 Å². The van der Waals surface area contributed by atoms with Gasteiger partial charge in [0, 0.05) is 39.5 Å². The lowest BCUT2D eigenvalue weighted by Gasteiger charge is -2.17. The molecule has 0 unspecified atom stereocenters. The maximum Gasteiger partial charge on any atom is 0.0950 e. The van der Waals surface area contributed by atoms with Gasteiger partial charge in [0.15, 0.2) is 0 Å². The molecule has 1 rings (SSSR count). The van der Waals surface area contributed by atoms with Gasteiger partial charge in [-0.2, -0.15) is 0 Å². The van der Waals surface area contributed by atoms with Crippen LogP contribution < -0.4 is 5.32 Å². The van der Waals surface area contributed by atoms with Crippen LogP contribution in [-0.4, -0.2) is 54.3 Å². The Morgan fingerprint density at radius 2 is 2.17 bits per heavy atom. The van der Waals surface area contributed by atoms with Crippen molar-refractivity contribution in [2.45, 2.75) is 26.9 Å². The lowest BCUT2D eigenvalue weighted by molar-refractivity contribution is 0.199. The molecule has 1 aromatic rings. The highest BCUT2D eigenvalue weighted by Crippen LogP contribution is 1.97. The van der Waals surface area contributed by atoms with Crippen molar-refractivity contribution in [1.82, 2.24) is 19.8 Å². The van der Waals surface area contributed by atoms with Gasteiger partial charge in [-0.3, -0.25) is 0 Å². The molecule has 1 N–H and O–H groups in total. The minimum absolute atomic E-state index is 0.739. The maximum absolute atomic E-state index is 4.98. The summed E-state index contributed by atoms with van der Waals surface area (Å²) in [7, 11) is 1.71. The first-order valence-electron chi connectivity index (χ1n) is 6.72. The average Bonchev–Trinajstić information content (AvgIpc) is 2.84. The normalized spacial score (nSPS) is 11.3. The van der Waals surface area contributed by atoms with Crippen LogP contribution in [0.4, 0.5) is 0 Å². The van der Waals surface area contributed by atoms with E-state index in [1.807, 2.05) is 6.33 Å². The highest BCUT2D eigenvalue weighted by atomic mass is 16.5. The van der Waals surface area contributed by atoms with Crippen LogP contribution in [0.15, 0.2) is 12.5 Å². The Balaban J connectivity index is 2.25. The summed E-state index contributed by atoms with van der Waals surface area (Å²) in [5.41, 5.74) is 1.09. The van der Waals surface area contributed by atoms with Crippen molar-refractivity contribution < 1.29 is 4.74 Å². The Morgan fingerprint density at radius 1 is 1.39 bits per heavy atom. The molecule has 0 aromatic carbocycles. The number of methoxy groups -OCH3 is 1. The standard InChI is InChI=1S/C13H26N4O/c1-4-16(5-2)7-8-17-11-13(15-12-17)10-14-6-9-18-3/h11-12,14H,4-10H2,1-3H3. The van der Waals surface area contributed by atoms with E-state index in [1.165, 1.54) is 0 Å². The number of likely N-dealkylation sites (N-methyl/N-ethyl adjacent to an activating group) is 1. The fraction of sp³-hybridized carbons (Fsp3) is 0.769. The summed E-state index contributed by atoms with van der Waals surface area (Å²) in [5, 5.41) is 3.29. The Morgan fingerprint density at radius 3 is 2.83 bits per heavy atom. The van der Waals surface area contributed by atoms with Gasteiger partial charge in [-0.1, -0.05) is 13.8 Å². The van der Waals surface area contributed by atoms with E-state index in [9.17, 15) is 0 Å². The minimum atomic E-state index is 0.739. The smallest absolute Gasteiger partial charge is 0.0950 e. The van der Waals surface area contributed by atoms with Crippen LogP contribution in [0.25, 0.3) is 0 Å². The monoisotopic (exact) mass is 254 g/mol. The summed E-state index contributed by atoms with van der Waals surface area (Å²) in [6.45, 7) is 11.1. The van der Waals surface area contributed by atoms with Crippen molar-refractivity contribution in [2.75, 3.05) is 39.9 Å². The van der Waals surface area contributed by atoms with Crippen molar-refractivity contribution in [1.29, 1.82) is 0 Å². The van der Waals surface area contributed by atoms with E-state index in [1.54, 1.807) is 7.11 Å². The van der Waals surface area contributed by atoms with E-state index in [0.717, 1.165) is 51.6 Å². The van der Waals surface area contributed by atoms with Crippen molar-refractivity contribution in [2.24, 2.45) is 0 Å². The summed E-state index contributed by atoms with van der Waals surface area (Å²) in [6.07, 6.45) is 4.03. The first kappa shape index (κ1) is 15.1. The zero-order valence-corrected chi connectivity index (χ0v) is 11.9. The molecule has 1 aromatic heterocycles. The molecule has 0 atom stereocenters. The molecule has 0 saturated carbocycles. The zero-order chi connectivity index (χ0) is 13.2. The molecule has 0 aliphatic heterocycles. The molecule has 0 amide bonds. The highest BCUT2D eigenvalue weighted by molar-refractivity contribution is 4.96. The molecule has 5 heteroatoms. The molecule has 5 nitrogen and oxygen atoms in total. The van der Waals surface area contributed by atoms with Gasteiger partial charge in [-0.05, 0) is 13.1 Å². The molecular weight excluding hydrogens is 228 g/mol. The number of hydrogen-bond acceptors (Lipinski definition) is 4. The third kappa shape index (κ3) is 5.62. The van der Waals surface area contributed by atoms with Crippen LogP contribution in [0.5, 0.6) is 0 Å². The molecule has 0 radical (unpaired) electrons. The topological polar surface area (TPSA) is 42.3 Å². The summed E-state index contributed by atoms with van der Waals surface area (Å²) >= 11 is 0. The molecular formula is C13H26N4O. The van der Waals surface area contributed by atoms with Crippen LogP contribution >= 0.6 is 0 Å². The van der Waals surface area contributed by atoms with Gasteiger partial charge in [0.2, 0.25) is 0 Å². The van der Waals surface area contributed by atoms with Gasteiger partial charge in [0.25, 0.3) is 0 Å². The predicted octanol–water partition coefficient (Wildman–Crippen LogP) is 0.961. The molecule has 0 saturated heterocycles. The molecule has 0 aliphatic carbocycles. The van der Waals surface area contributed by atoms with E-state index in [2.05, 4.69) is 39.8 Å². The largest absolute Gasteiger partial charge is 0.383 e. The number of hydrogen-bond donors (Lipinski definition) is 1. The Hall–Kier alpha value is -0.910. The molecule has 0 bridgehead atoms. The van der Waals surface area contributed by atoms with E-state index < -0.39 is 0 Å². The predicted molar refractivity (Wildman–Crippen MR) is 73.6 cm³/mol. The first-order valence-corrected chi connectivity index (χ1v) is 6.72. The lowest BCUT2D eigenvalue weighted by atomic mass is 10.4. The summed E-state index contributed by atoms with van der Waals surface area (Å²) in [5.74, 6) is 0. The third-order valence-corrected chi connectivity index (χ3v) is 3.04. The second kappa shape index (κ2) is 9.08. The summed E-state index contributed by atoms with van der Waals surface area (Å²) in [6, 6.07) is 0. The van der Waals surface area contributed by atoms with Crippen molar-refractivity contribution in [3.63, 3.8) is 0 Å². The number of aromatic nitrogens is 2. The summed E-state index contributed by atoms with van der Waals surface area (Å²) in [4.78, 5) is 6.80. The molecule has 1 heterocycles.